The summed E-state index contributed by atoms with van der Waals surface area (Å²) in [7, 11) is 0. The number of H-pyrrole nitrogens is 1. The molecular weight excluding hydrogens is 316 g/mol. The molecule has 1 aliphatic carbocycles. The number of carbonyl (C=O) groups is 1. The van der Waals surface area contributed by atoms with E-state index >= 15 is 0 Å². The first-order valence-corrected chi connectivity index (χ1v) is 8.65. The van der Waals surface area contributed by atoms with Gasteiger partial charge < -0.3 is 10.4 Å². The van der Waals surface area contributed by atoms with Crippen molar-refractivity contribution < 1.29 is 9.90 Å². The second-order valence-electron chi connectivity index (χ2n) is 6.54. The molecule has 6 heteroatoms. The zero-order valence-corrected chi connectivity index (χ0v) is 13.8. The molecule has 1 saturated carbocycles. The number of pyridine rings is 1. The van der Waals surface area contributed by atoms with Gasteiger partial charge in [-0.15, -0.1) is 0 Å². The van der Waals surface area contributed by atoms with Gasteiger partial charge in [-0.1, -0.05) is 19.3 Å². The Hall–Kier alpha value is -2.89. The maximum absolute atomic E-state index is 12.8. The molecule has 0 aliphatic heterocycles. The standard InChI is InChI=1S/C19H20N4O2/c24-14-8-6-12(7-9-14)17-10-15(16-11-20-23-18(16)22-17)19(25)21-13-4-2-1-3-5-13/h6-11,13,24H,1-5H2,(H,21,25)(H,20,22,23). The van der Waals surface area contributed by atoms with Gasteiger partial charge >= 0.3 is 0 Å². The van der Waals surface area contributed by atoms with Crippen LogP contribution in [-0.4, -0.2) is 32.2 Å². The van der Waals surface area contributed by atoms with Crippen LogP contribution in [0.4, 0.5) is 0 Å². The molecule has 25 heavy (non-hydrogen) atoms. The third kappa shape index (κ3) is 3.20. The van der Waals surface area contributed by atoms with Gasteiger partial charge in [0, 0.05) is 11.6 Å². The monoisotopic (exact) mass is 336 g/mol. The number of nitrogens with zero attached hydrogens (tertiary/aromatic N) is 2. The van der Waals surface area contributed by atoms with E-state index in [0.717, 1.165) is 23.8 Å². The van der Waals surface area contributed by atoms with Crippen molar-refractivity contribution >= 4 is 16.9 Å². The highest BCUT2D eigenvalue weighted by atomic mass is 16.3. The second kappa shape index (κ2) is 6.55. The van der Waals surface area contributed by atoms with Crippen molar-refractivity contribution in [3.63, 3.8) is 0 Å². The minimum absolute atomic E-state index is 0.0827. The van der Waals surface area contributed by atoms with Crippen molar-refractivity contribution in [1.82, 2.24) is 20.5 Å². The summed E-state index contributed by atoms with van der Waals surface area (Å²) >= 11 is 0. The Morgan fingerprint density at radius 3 is 2.68 bits per heavy atom. The lowest BCUT2D eigenvalue weighted by Gasteiger charge is -2.23. The Labute approximate surface area is 145 Å². The fourth-order valence-corrected chi connectivity index (χ4v) is 3.41. The van der Waals surface area contributed by atoms with Crippen LogP contribution < -0.4 is 5.32 Å². The number of carbonyl (C=O) groups excluding carboxylic acids is 1. The normalized spacial score (nSPS) is 15.4. The molecule has 4 rings (SSSR count). The van der Waals surface area contributed by atoms with E-state index in [2.05, 4.69) is 20.5 Å². The molecule has 0 spiro atoms. The molecule has 1 aliphatic rings. The van der Waals surface area contributed by atoms with Crippen LogP contribution in [0.5, 0.6) is 5.75 Å². The Morgan fingerprint density at radius 1 is 1.16 bits per heavy atom. The van der Waals surface area contributed by atoms with E-state index in [9.17, 15) is 9.90 Å². The molecule has 0 unspecified atom stereocenters. The Balaban J connectivity index is 1.70. The van der Waals surface area contributed by atoms with E-state index < -0.39 is 0 Å². The third-order valence-corrected chi connectivity index (χ3v) is 4.77. The van der Waals surface area contributed by atoms with Crippen LogP contribution in [-0.2, 0) is 0 Å². The minimum Gasteiger partial charge on any atom is -0.508 e. The summed E-state index contributed by atoms with van der Waals surface area (Å²) in [5.41, 5.74) is 2.67. The Kier molecular flexibility index (Phi) is 4.09. The molecule has 128 valence electrons. The molecular formula is C19H20N4O2. The molecule has 0 bridgehead atoms. The highest BCUT2D eigenvalue weighted by molar-refractivity contribution is 6.06. The molecule has 3 N–H and O–H groups in total. The van der Waals surface area contributed by atoms with Crippen LogP contribution in [0.2, 0.25) is 0 Å². The molecule has 6 nitrogen and oxygen atoms in total. The summed E-state index contributed by atoms with van der Waals surface area (Å²) in [6.45, 7) is 0. The maximum Gasteiger partial charge on any atom is 0.252 e. The second-order valence-corrected chi connectivity index (χ2v) is 6.54. The largest absolute Gasteiger partial charge is 0.508 e. The number of hydrogen-bond donors (Lipinski definition) is 3. The Bertz CT molecular complexity index is 895. The highest BCUT2D eigenvalue weighted by Crippen LogP contribution is 2.26. The highest BCUT2D eigenvalue weighted by Gasteiger charge is 2.20. The predicted molar refractivity (Wildman–Crippen MR) is 95.3 cm³/mol. The van der Waals surface area contributed by atoms with Gasteiger partial charge in [-0.25, -0.2) is 4.98 Å². The van der Waals surface area contributed by atoms with Crippen LogP contribution in [0, 0.1) is 0 Å². The summed E-state index contributed by atoms with van der Waals surface area (Å²) < 4.78 is 0. The van der Waals surface area contributed by atoms with E-state index in [1.807, 2.05) is 0 Å². The summed E-state index contributed by atoms with van der Waals surface area (Å²) in [6, 6.07) is 8.81. The number of aromatic amines is 1. The molecule has 0 atom stereocenters. The lowest BCUT2D eigenvalue weighted by Crippen LogP contribution is -2.36. The van der Waals surface area contributed by atoms with Gasteiger partial charge in [-0.3, -0.25) is 9.89 Å². The van der Waals surface area contributed by atoms with Gasteiger partial charge in [-0.05, 0) is 43.2 Å². The molecule has 0 radical (unpaired) electrons. The topological polar surface area (TPSA) is 90.9 Å². The zero-order chi connectivity index (χ0) is 17.2. The Morgan fingerprint density at radius 2 is 1.92 bits per heavy atom. The molecule has 1 aromatic carbocycles. The number of rotatable bonds is 3. The first-order chi connectivity index (χ1) is 12.2. The van der Waals surface area contributed by atoms with Crippen molar-refractivity contribution in [2.24, 2.45) is 0 Å². The first kappa shape index (κ1) is 15.6. The minimum atomic E-state index is -0.0827. The molecule has 1 fully saturated rings. The number of amides is 1. The van der Waals surface area contributed by atoms with E-state index in [0.29, 0.717) is 16.9 Å². The van der Waals surface area contributed by atoms with E-state index in [4.69, 9.17) is 0 Å². The lowest BCUT2D eigenvalue weighted by atomic mass is 9.95. The number of aromatic hydroxyl groups is 1. The van der Waals surface area contributed by atoms with Crippen LogP contribution >= 0.6 is 0 Å². The SMILES string of the molecule is O=C(NC1CCCCC1)c1cc(-c2ccc(O)cc2)nc2[nH]ncc12. The quantitative estimate of drug-likeness (QED) is 0.684. The van der Waals surface area contributed by atoms with Crippen molar-refractivity contribution in [3.8, 4) is 17.0 Å². The molecule has 1 amide bonds. The van der Waals surface area contributed by atoms with E-state index in [1.54, 1.807) is 36.5 Å². The smallest absolute Gasteiger partial charge is 0.252 e. The average Bonchev–Trinajstić information content (AvgIpc) is 3.11. The number of hydrogen-bond acceptors (Lipinski definition) is 4. The maximum atomic E-state index is 12.8. The van der Waals surface area contributed by atoms with Gasteiger partial charge in [0.15, 0.2) is 5.65 Å². The van der Waals surface area contributed by atoms with Crippen LogP contribution in [0.3, 0.4) is 0 Å². The van der Waals surface area contributed by atoms with Crippen molar-refractivity contribution in [2.45, 2.75) is 38.1 Å². The van der Waals surface area contributed by atoms with Crippen molar-refractivity contribution in [2.75, 3.05) is 0 Å². The predicted octanol–water partition coefficient (Wildman–Crippen LogP) is 3.39. The number of nitrogens with one attached hydrogen (secondary N) is 2. The van der Waals surface area contributed by atoms with Gasteiger partial charge in [0.1, 0.15) is 5.75 Å². The van der Waals surface area contributed by atoms with Crippen LogP contribution in [0.1, 0.15) is 42.5 Å². The van der Waals surface area contributed by atoms with Crippen molar-refractivity contribution in [1.29, 1.82) is 0 Å². The fraction of sp³-hybridized carbons (Fsp3) is 0.316. The van der Waals surface area contributed by atoms with Crippen LogP contribution in [0.15, 0.2) is 36.5 Å². The fourth-order valence-electron chi connectivity index (χ4n) is 3.41. The van der Waals surface area contributed by atoms with Gasteiger partial charge in [0.25, 0.3) is 5.91 Å². The lowest BCUT2D eigenvalue weighted by molar-refractivity contribution is 0.0929. The zero-order valence-electron chi connectivity index (χ0n) is 13.8. The summed E-state index contributed by atoms with van der Waals surface area (Å²) in [5, 5.41) is 20.2. The van der Waals surface area contributed by atoms with E-state index in [-0.39, 0.29) is 17.7 Å². The number of aromatic nitrogens is 3. The van der Waals surface area contributed by atoms with Crippen molar-refractivity contribution in [3.05, 3.63) is 42.1 Å². The summed E-state index contributed by atoms with van der Waals surface area (Å²) in [6.07, 6.45) is 7.30. The average molecular weight is 336 g/mol. The number of phenolic OH excluding ortho intramolecular Hbond substituents is 1. The number of benzene rings is 1. The first-order valence-electron chi connectivity index (χ1n) is 8.65. The van der Waals surface area contributed by atoms with Gasteiger partial charge in [0.05, 0.1) is 22.8 Å². The summed E-state index contributed by atoms with van der Waals surface area (Å²) in [4.78, 5) is 17.4. The molecule has 3 aromatic rings. The van der Waals surface area contributed by atoms with Crippen LogP contribution in [0.25, 0.3) is 22.3 Å². The molecule has 2 heterocycles. The number of phenols is 1. The van der Waals surface area contributed by atoms with Gasteiger partial charge in [0.2, 0.25) is 0 Å². The van der Waals surface area contributed by atoms with Gasteiger partial charge in [-0.2, -0.15) is 5.10 Å². The third-order valence-electron chi connectivity index (χ3n) is 4.77. The van der Waals surface area contributed by atoms with E-state index in [1.165, 1.54) is 19.3 Å². The number of fused-ring (bicyclic) bond motifs is 1. The summed E-state index contributed by atoms with van der Waals surface area (Å²) in [5.74, 6) is 0.113. The molecule has 0 saturated heterocycles. The molecule has 2 aromatic heterocycles.